The normalized spacial score (nSPS) is 18.7. The highest BCUT2D eigenvalue weighted by molar-refractivity contribution is 14.0. The number of nitrogens with one attached hydrogen (secondary N) is 2. The lowest BCUT2D eigenvalue weighted by Crippen LogP contribution is -2.48. The van der Waals surface area contributed by atoms with Crippen LogP contribution in [-0.4, -0.2) is 56.8 Å². The Morgan fingerprint density at radius 2 is 2.14 bits per heavy atom. The molecule has 0 amide bonds. The van der Waals surface area contributed by atoms with Crippen molar-refractivity contribution in [3.8, 4) is 0 Å². The minimum Gasteiger partial charge on any atom is -0.376 e. The van der Waals surface area contributed by atoms with Crippen molar-refractivity contribution < 1.29 is 9.13 Å². The van der Waals surface area contributed by atoms with Gasteiger partial charge >= 0.3 is 0 Å². The van der Waals surface area contributed by atoms with Crippen molar-refractivity contribution in [1.82, 2.24) is 15.5 Å². The molecule has 1 aromatic heterocycles. The van der Waals surface area contributed by atoms with E-state index in [4.69, 9.17) is 4.74 Å². The number of hydrogen-bond donors (Lipinski definition) is 2. The zero-order valence-corrected chi connectivity index (χ0v) is 20.1. The first-order valence-corrected chi connectivity index (χ1v) is 10.6. The first-order chi connectivity index (χ1) is 13.7. The Hall–Kier alpha value is -1.23. The second kappa shape index (κ2) is 12.5. The monoisotopic (exact) mass is 532 g/mol. The number of hydrogen-bond acceptors (Lipinski definition) is 4. The molecule has 3 rings (SSSR count). The van der Waals surface area contributed by atoms with Crippen LogP contribution in [0.15, 0.2) is 46.8 Å². The lowest BCUT2D eigenvalue weighted by Gasteiger charge is -2.37. The molecule has 1 aromatic carbocycles. The van der Waals surface area contributed by atoms with Crippen LogP contribution in [0.4, 0.5) is 4.39 Å². The number of rotatable bonds is 7. The zero-order chi connectivity index (χ0) is 19.8. The third-order valence-corrected chi connectivity index (χ3v) is 5.89. The molecule has 29 heavy (non-hydrogen) atoms. The standard InChI is InChI=1S/C21H29FN4OS.HI/c1-16-15-26(11-12-27-16)19(20-8-5-13-28-20)14-25-21(23-2)24-10-9-17-6-3-4-7-18(17)22;/h3-8,13,16,19H,9-12,14-15H2,1-2H3,(H2,23,24,25);1H. The molecule has 2 atom stereocenters. The molecule has 2 N–H and O–H groups in total. The van der Waals surface area contributed by atoms with Gasteiger partial charge in [-0.05, 0) is 36.4 Å². The number of benzene rings is 1. The van der Waals surface area contributed by atoms with E-state index < -0.39 is 0 Å². The maximum Gasteiger partial charge on any atom is 0.191 e. The summed E-state index contributed by atoms with van der Waals surface area (Å²) in [5.74, 6) is 0.575. The molecule has 0 spiro atoms. The van der Waals surface area contributed by atoms with Gasteiger partial charge in [-0.1, -0.05) is 24.3 Å². The van der Waals surface area contributed by atoms with E-state index in [1.807, 2.05) is 12.1 Å². The fourth-order valence-corrected chi connectivity index (χ4v) is 4.31. The van der Waals surface area contributed by atoms with Gasteiger partial charge in [0.15, 0.2) is 5.96 Å². The molecule has 1 saturated heterocycles. The summed E-state index contributed by atoms with van der Waals surface area (Å²) >= 11 is 1.78. The van der Waals surface area contributed by atoms with E-state index in [0.717, 1.165) is 32.2 Å². The van der Waals surface area contributed by atoms with Crippen LogP contribution in [0.25, 0.3) is 0 Å². The quantitative estimate of drug-likeness (QED) is 0.325. The molecule has 5 nitrogen and oxygen atoms in total. The van der Waals surface area contributed by atoms with Gasteiger partial charge in [0.05, 0.1) is 18.8 Å². The zero-order valence-electron chi connectivity index (χ0n) is 16.9. The Balaban J connectivity index is 0.00000300. The number of morpholine rings is 1. The van der Waals surface area contributed by atoms with Crippen molar-refractivity contribution in [1.29, 1.82) is 0 Å². The molecule has 160 valence electrons. The van der Waals surface area contributed by atoms with E-state index in [9.17, 15) is 4.39 Å². The van der Waals surface area contributed by atoms with Crippen LogP contribution in [-0.2, 0) is 11.2 Å². The lowest BCUT2D eigenvalue weighted by atomic mass is 10.1. The third kappa shape index (κ3) is 7.20. The molecule has 0 radical (unpaired) electrons. The van der Waals surface area contributed by atoms with Gasteiger partial charge in [0.25, 0.3) is 0 Å². The molecule has 1 fully saturated rings. The number of halogens is 2. The van der Waals surface area contributed by atoms with Crippen molar-refractivity contribution in [2.45, 2.75) is 25.5 Å². The first-order valence-electron chi connectivity index (χ1n) is 9.74. The third-order valence-electron chi connectivity index (χ3n) is 4.92. The highest BCUT2D eigenvalue weighted by atomic mass is 127. The van der Waals surface area contributed by atoms with Crippen molar-refractivity contribution in [2.24, 2.45) is 4.99 Å². The predicted molar refractivity (Wildman–Crippen MR) is 129 cm³/mol. The average molecular weight is 532 g/mol. The topological polar surface area (TPSA) is 48.9 Å². The SMILES string of the molecule is CN=C(NCCc1ccccc1F)NCC(c1cccs1)N1CCOC(C)C1.I. The van der Waals surface area contributed by atoms with Crippen LogP contribution in [0.1, 0.15) is 23.4 Å². The number of nitrogens with zero attached hydrogens (tertiary/aromatic N) is 2. The number of guanidine groups is 1. The molecule has 2 aromatic rings. The maximum absolute atomic E-state index is 13.8. The molecule has 0 saturated carbocycles. The summed E-state index contributed by atoms with van der Waals surface area (Å²) in [6.07, 6.45) is 0.859. The van der Waals surface area contributed by atoms with Gasteiger partial charge < -0.3 is 15.4 Å². The Morgan fingerprint density at radius 1 is 1.31 bits per heavy atom. The molecular formula is C21H30FIN4OS. The second-order valence-electron chi connectivity index (χ2n) is 6.93. The summed E-state index contributed by atoms with van der Waals surface area (Å²) in [6.45, 7) is 6.11. The lowest BCUT2D eigenvalue weighted by molar-refractivity contribution is -0.0334. The predicted octanol–water partition coefficient (Wildman–Crippen LogP) is 3.67. The highest BCUT2D eigenvalue weighted by Gasteiger charge is 2.26. The molecule has 0 aliphatic carbocycles. The van der Waals surface area contributed by atoms with Crippen molar-refractivity contribution in [3.63, 3.8) is 0 Å². The van der Waals surface area contributed by atoms with Crippen molar-refractivity contribution >= 4 is 41.3 Å². The van der Waals surface area contributed by atoms with E-state index in [-0.39, 0.29) is 41.9 Å². The van der Waals surface area contributed by atoms with Crippen LogP contribution in [0.5, 0.6) is 0 Å². The summed E-state index contributed by atoms with van der Waals surface area (Å²) in [5, 5.41) is 8.85. The van der Waals surface area contributed by atoms with Crippen LogP contribution >= 0.6 is 35.3 Å². The van der Waals surface area contributed by atoms with Crippen molar-refractivity contribution in [2.75, 3.05) is 39.8 Å². The first kappa shape index (κ1) is 24.0. The molecule has 1 aliphatic rings. The summed E-state index contributed by atoms with van der Waals surface area (Å²) < 4.78 is 19.5. The fraction of sp³-hybridized carbons (Fsp3) is 0.476. The maximum atomic E-state index is 13.8. The second-order valence-corrected chi connectivity index (χ2v) is 7.91. The van der Waals surface area contributed by atoms with Gasteiger partial charge in [0.2, 0.25) is 0 Å². The number of aliphatic imine (C=N–C) groups is 1. The summed E-state index contributed by atoms with van der Waals surface area (Å²) in [4.78, 5) is 8.12. The van der Waals surface area contributed by atoms with Gasteiger partial charge in [0.1, 0.15) is 5.82 Å². The van der Waals surface area contributed by atoms with Gasteiger partial charge in [-0.25, -0.2) is 4.39 Å². The van der Waals surface area contributed by atoms with Crippen LogP contribution in [0, 0.1) is 5.82 Å². The van der Waals surface area contributed by atoms with Gasteiger partial charge in [0, 0.05) is 38.1 Å². The number of ether oxygens (including phenoxy) is 1. The molecule has 0 bridgehead atoms. The van der Waals surface area contributed by atoms with E-state index in [2.05, 4.69) is 45.0 Å². The summed E-state index contributed by atoms with van der Waals surface area (Å²) in [7, 11) is 1.76. The molecule has 2 heterocycles. The van der Waals surface area contributed by atoms with Crippen molar-refractivity contribution in [3.05, 3.63) is 58.0 Å². The molecular weight excluding hydrogens is 502 g/mol. The van der Waals surface area contributed by atoms with E-state index in [0.29, 0.717) is 18.5 Å². The largest absolute Gasteiger partial charge is 0.376 e. The van der Waals surface area contributed by atoms with Gasteiger partial charge in [-0.2, -0.15) is 0 Å². The Morgan fingerprint density at radius 3 is 2.83 bits per heavy atom. The van der Waals surface area contributed by atoms with Crippen LogP contribution in [0.3, 0.4) is 0 Å². The Kier molecular flexibility index (Phi) is 10.3. The minimum absolute atomic E-state index is 0. The van der Waals surface area contributed by atoms with Crippen LogP contribution < -0.4 is 10.6 Å². The van der Waals surface area contributed by atoms with E-state index >= 15 is 0 Å². The highest BCUT2D eigenvalue weighted by Crippen LogP contribution is 2.26. The average Bonchev–Trinajstić information content (AvgIpc) is 3.23. The summed E-state index contributed by atoms with van der Waals surface area (Å²) in [5.41, 5.74) is 0.712. The smallest absolute Gasteiger partial charge is 0.191 e. The van der Waals surface area contributed by atoms with Crippen LogP contribution in [0.2, 0.25) is 0 Å². The number of thiophene rings is 1. The minimum atomic E-state index is -0.161. The Labute approximate surface area is 193 Å². The van der Waals surface area contributed by atoms with Gasteiger partial charge in [-0.3, -0.25) is 9.89 Å². The Bertz CT molecular complexity index is 759. The van der Waals surface area contributed by atoms with E-state index in [1.165, 1.54) is 10.9 Å². The van der Waals surface area contributed by atoms with E-state index in [1.54, 1.807) is 24.5 Å². The molecule has 1 aliphatic heterocycles. The molecule has 2 unspecified atom stereocenters. The summed E-state index contributed by atoms with van der Waals surface area (Å²) in [6, 6.07) is 11.4. The molecule has 8 heteroatoms. The van der Waals surface area contributed by atoms with Gasteiger partial charge in [-0.15, -0.1) is 35.3 Å². The fourth-order valence-electron chi connectivity index (χ4n) is 3.45.